The van der Waals surface area contributed by atoms with E-state index < -0.39 is 10.0 Å². The van der Waals surface area contributed by atoms with Crippen molar-refractivity contribution < 1.29 is 13.2 Å². The number of hydrogen-bond donors (Lipinski definition) is 2. The molecule has 3 rings (SSSR count). The predicted molar refractivity (Wildman–Crippen MR) is 104 cm³/mol. The van der Waals surface area contributed by atoms with Crippen molar-refractivity contribution in [2.24, 2.45) is 5.92 Å². The van der Waals surface area contributed by atoms with Crippen LogP contribution in [0.15, 0.2) is 54.6 Å². The van der Waals surface area contributed by atoms with Gasteiger partial charge in [-0.1, -0.05) is 42.5 Å². The third-order valence-electron chi connectivity index (χ3n) is 4.55. The Kier molecular flexibility index (Phi) is 5.61. The Morgan fingerprint density at radius 3 is 2.42 bits per heavy atom. The molecule has 0 spiro atoms. The maximum Gasteiger partial charge on any atom is 0.229 e. The van der Waals surface area contributed by atoms with Crippen LogP contribution in [-0.4, -0.2) is 27.1 Å². The molecule has 1 fully saturated rings. The van der Waals surface area contributed by atoms with Crippen LogP contribution in [0.5, 0.6) is 0 Å². The molecular formula is C20H24N2O3S. The molecule has 0 radical (unpaired) electrons. The summed E-state index contributed by atoms with van der Waals surface area (Å²) < 4.78 is 24.8. The third-order valence-corrected chi connectivity index (χ3v) is 5.16. The predicted octanol–water partition coefficient (Wildman–Crippen LogP) is 2.91. The molecule has 0 saturated heterocycles. The van der Waals surface area contributed by atoms with Crippen LogP contribution in [0.25, 0.3) is 0 Å². The summed E-state index contributed by atoms with van der Waals surface area (Å²) in [4.78, 5) is 12.2. The van der Waals surface area contributed by atoms with Gasteiger partial charge in [0.1, 0.15) is 0 Å². The molecule has 26 heavy (non-hydrogen) atoms. The Hall–Kier alpha value is -2.34. The molecule has 2 aromatic carbocycles. The second kappa shape index (κ2) is 7.91. The SMILES string of the molecule is CS(=O)(=O)Nc1ccc(CCCNC(=O)C2CC2c2ccccc2)cc1. The first-order chi connectivity index (χ1) is 12.4. The van der Waals surface area contributed by atoms with E-state index in [1.807, 2.05) is 30.3 Å². The zero-order valence-electron chi connectivity index (χ0n) is 14.8. The van der Waals surface area contributed by atoms with E-state index in [-0.39, 0.29) is 11.8 Å². The lowest BCUT2D eigenvalue weighted by molar-refractivity contribution is -0.122. The maximum atomic E-state index is 12.2. The van der Waals surface area contributed by atoms with E-state index in [2.05, 4.69) is 22.2 Å². The first-order valence-electron chi connectivity index (χ1n) is 8.82. The van der Waals surface area contributed by atoms with Crippen LogP contribution in [0.4, 0.5) is 5.69 Å². The quantitative estimate of drug-likeness (QED) is 0.700. The van der Waals surface area contributed by atoms with E-state index >= 15 is 0 Å². The molecule has 1 aliphatic rings. The lowest BCUT2D eigenvalue weighted by atomic mass is 10.1. The van der Waals surface area contributed by atoms with Gasteiger partial charge in [0.15, 0.2) is 0 Å². The molecule has 138 valence electrons. The number of sulfonamides is 1. The second-order valence-corrected chi connectivity index (χ2v) is 8.57. The maximum absolute atomic E-state index is 12.2. The molecule has 2 atom stereocenters. The highest BCUT2D eigenvalue weighted by Crippen LogP contribution is 2.47. The molecule has 1 amide bonds. The Bertz CT molecular complexity index is 848. The highest BCUT2D eigenvalue weighted by molar-refractivity contribution is 7.92. The van der Waals surface area contributed by atoms with E-state index in [4.69, 9.17) is 0 Å². The van der Waals surface area contributed by atoms with Crippen molar-refractivity contribution >= 4 is 21.6 Å². The van der Waals surface area contributed by atoms with Gasteiger partial charge in [-0.25, -0.2) is 8.42 Å². The summed E-state index contributed by atoms with van der Waals surface area (Å²) in [5.74, 6) is 0.622. The summed E-state index contributed by atoms with van der Waals surface area (Å²) in [7, 11) is -3.24. The monoisotopic (exact) mass is 372 g/mol. The lowest BCUT2D eigenvalue weighted by Gasteiger charge is -2.07. The Balaban J connectivity index is 1.37. The highest BCUT2D eigenvalue weighted by Gasteiger charge is 2.43. The first kappa shape index (κ1) is 18.5. The zero-order chi connectivity index (χ0) is 18.6. The normalized spacial score (nSPS) is 19.0. The number of aryl methyl sites for hydroxylation is 1. The van der Waals surface area contributed by atoms with Crippen LogP contribution in [0, 0.1) is 5.92 Å². The summed E-state index contributed by atoms with van der Waals surface area (Å²) in [6.07, 6.45) is 3.76. The molecule has 0 aromatic heterocycles. The van der Waals surface area contributed by atoms with Gasteiger partial charge in [0.25, 0.3) is 0 Å². The largest absolute Gasteiger partial charge is 0.356 e. The standard InChI is InChI=1S/C20H24N2O3S/c1-26(24,25)22-17-11-9-15(10-12-17)6-5-13-21-20(23)19-14-18(19)16-7-3-2-4-8-16/h2-4,7-12,18-19,22H,5-6,13-14H2,1H3,(H,21,23). The summed E-state index contributed by atoms with van der Waals surface area (Å²) in [6.45, 7) is 0.653. The Morgan fingerprint density at radius 2 is 1.77 bits per heavy atom. The molecular weight excluding hydrogens is 348 g/mol. The Labute approximate surface area is 154 Å². The number of anilines is 1. The Morgan fingerprint density at radius 1 is 1.08 bits per heavy atom. The van der Waals surface area contributed by atoms with Gasteiger partial charge in [-0.15, -0.1) is 0 Å². The number of carbonyl (C=O) groups excluding carboxylic acids is 1. The molecule has 1 saturated carbocycles. The van der Waals surface area contributed by atoms with E-state index in [0.717, 1.165) is 31.1 Å². The van der Waals surface area contributed by atoms with Crippen molar-refractivity contribution in [3.63, 3.8) is 0 Å². The number of amides is 1. The molecule has 5 nitrogen and oxygen atoms in total. The molecule has 1 aliphatic carbocycles. The summed E-state index contributed by atoms with van der Waals surface area (Å²) in [5, 5.41) is 3.03. The van der Waals surface area contributed by atoms with Crippen molar-refractivity contribution in [1.29, 1.82) is 0 Å². The number of carbonyl (C=O) groups is 1. The topological polar surface area (TPSA) is 75.3 Å². The van der Waals surface area contributed by atoms with Crippen LogP contribution >= 0.6 is 0 Å². The number of rotatable bonds is 8. The lowest BCUT2D eigenvalue weighted by Crippen LogP contribution is -2.26. The number of nitrogens with one attached hydrogen (secondary N) is 2. The summed E-state index contributed by atoms with van der Waals surface area (Å²) in [6, 6.07) is 17.5. The fourth-order valence-electron chi connectivity index (χ4n) is 3.14. The summed E-state index contributed by atoms with van der Waals surface area (Å²) >= 11 is 0. The van der Waals surface area contributed by atoms with Crippen molar-refractivity contribution in [3.05, 3.63) is 65.7 Å². The molecule has 2 unspecified atom stereocenters. The minimum absolute atomic E-state index is 0.110. The van der Waals surface area contributed by atoms with Gasteiger partial charge in [0, 0.05) is 18.2 Å². The number of hydrogen-bond acceptors (Lipinski definition) is 3. The molecule has 0 bridgehead atoms. The minimum atomic E-state index is -3.24. The number of benzene rings is 2. The van der Waals surface area contributed by atoms with Crippen LogP contribution in [0.3, 0.4) is 0 Å². The molecule has 6 heteroatoms. The average molecular weight is 372 g/mol. The van der Waals surface area contributed by atoms with E-state index in [1.165, 1.54) is 5.56 Å². The zero-order valence-corrected chi connectivity index (χ0v) is 15.6. The van der Waals surface area contributed by atoms with E-state index in [0.29, 0.717) is 18.2 Å². The van der Waals surface area contributed by atoms with E-state index in [1.54, 1.807) is 12.1 Å². The van der Waals surface area contributed by atoms with Crippen LogP contribution in [-0.2, 0) is 21.2 Å². The molecule has 0 heterocycles. The smallest absolute Gasteiger partial charge is 0.229 e. The molecule has 0 aliphatic heterocycles. The highest BCUT2D eigenvalue weighted by atomic mass is 32.2. The van der Waals surface area contributed by atoms with Gasteiger partial charge in [0.05, 0.1) is 6.26 Å². The molecule has 2 N–H and O–H groups in total. The van der Waals surface area contributed by atoms with Crippen LogP contribution < -0.4 is 10.0 Å². The molecule has 2 aromatic rings. The third kappa shape index (κ3) is 5.33. The average Bonchev–Trinajstić information content (AvgIpc) is 3.40. The van der Waals surface area contributed by atoms with Crippen molar-refractivity contribution in [2.75, 3.05) is 17.5 Å². The van der Waals surface area contributed by atoms with Gasteiger partial charge in [-0.2, -0.15) is 0 Å². The van der Waals surface area contributed by atoms with E-state index in [9.17, 15) is 13.2 Å². The van der Waals surface area contributed by atoms with Crippen LogP contribution in [0.2, 0.25) is 0 Å². The van der Waals surface area contributed by atoms with Gasteiger partial charge in [-0.3, -0.25) is 9.52 Å². The van der Waals surface area contributed by atoms with Crippen molar-refractivity contribution in [3.8, 4) is 0 Å². The first-order valence-corrected chi connectivity index (χ1v) is 10.7. The van der Waals surface area contributed by atoms with Crippen molar-refractivity contribution in [1.82, 2.24) is 5.32 Å². The minimum Gasteiger partial charge on any atom is -0.356 e. The second-order valence-electron chi connectivity index (χ2n) is 6.83. The summed E-state index contributed by atoms with van der Waals surface area (Å²) in [5.41, 5.74) is 2.92. The fourth-order valence-corrected chi connectivity index (χ4v) is 3.71. The van der Waals surface area contributed by atoms with Crippen LogP contribution in [0.1, 0.15) is 29.9 Å². The van der Waals surface area contributed by atoms with Crippen molar-refractivity contribution in [2.45, 2.75) is 25.2 Å². The fraction of sp³-hybridized carbons (Fsp3) is 0.350. The van der Waals surface area contributed by atoms with Gasteiger partial charge in [-0.05, 0) is 48.4 Å². The van der Waals surface area contributed by atoms with Gasteiger partial charge in [0.2, 0.25) is 15.9 Å². The van der Waals surface area contributed by atoms with Gasteiger partial charge < -0.3 is 5.32 Å². The van der Waals surface area contributed by atoms with Gasteiger partial charge >= 0.3 is 0 Å².